The van der Waals surface area contributed by atoms with Crippen LogP contribution in [0.25, 0.3) is 0 Å². The fraction of sp³-hybridized carbons (Fsp3) is 0.733. The minimum absolute atomic E-state index is 0.0186. The summed E-state index contributed by atoms with van der Waals surface area (Å²) < 4.78 is 5.05. The minimum Gasteiger partial charge on any atom is -0.478 e. The van der Waals surface area contributed by atoms with Crippen LogP contribution in [0, 0.1) is 0 Å². The van der Waals surface area contributed by atoms with Crippen molar-refractivity contribution in [3.05, 3.63) is 12.7 Å². The topological polar surface area (TPSA) is 63.6 Å². The van der Waals surface area contributed by atoms with Crippen LogP contribution in [0.5, 0.6) is 0 Å². The number of carboxylic acids is 1. The van der Waals surface area contributed by atoms with Crippen molar-refractivity contribution in [2.75, 3.05) is 6.61 Å². The number of unbranched alkanes of at least 4 members (excludes halogenated alkanes) is 5. The number of rotatable bonds is 10. The predicted octanol–water partition coefficient (Wildman–Crippen LogP) is 3.95. The molecule has 0 bridgehead atoms. The average molecular weight is 272 g/mol. The maximum absolute atomic E-state index is 11.1. The van der Waals surface area contributed by atoms with Crippen molar-refractivity contribution >= 4 is 11.9 Å². The standard InChI is InChI=1S/C12H24O2.C3H4O2/c1-3-5-7-8-9-10-12(13)14-11-6-4-2;1-2-3(4)5/h3-11H2,1-2H3;2H,1H2,(H,4,5). The zero-order chi connectivity index (χ0) is 14.9. The molecule has 0 aliphatic carbocycles. The van der Waals surface area contributed by atoms with Crippen molar-refractivity contribution in [3.8, 4) is 0 Å². The Morgan fingerprint density at radius 3 is 2.05 bits per heavy atom. The second kappa shape index (κ2) is 16.7. The van der Waals surface area contributed by atoms with Gasteiger partial charge in [0.25, 0.3) is 0 Å². The molecule has 0 saturated heterocycles. The van der Waals surface area contributed by atoms with Crippen molar-refractivity contribution in [1.82, 2.24) is 0 Å². The molecule has 0 amide bonds. The number of esters is 1. The lowest BCUT2D eigenvalue weighted by Crippen LogP contribution is -2.05. The summed E-state index contributed by atoms with van der Waals surface area (Å²) in [5.74, 6) is -1.00. The fourth-order valence-electron chi connectivity index (χ4n) is 1.28. The molecule has 0 fully saturated rings. The van der Waals surface area contributed by atoms with Crippen LogP contribution in [0.15, 0.2) is 12.7 Å². The molecule has 0 aliphatic heterocycles. The third kappa shape index (κ3) is 22.4. The van der Waals surface area contributed by atoms with E-state index in [0.717, 1.165) is 31.8 Å². The fourth-order valence-corrected chi connectivity index (χ4v) is 1.28. The largest absolute Gasteiger partial charge is 0.478 e. The van der Waals surface area contributed by atoms with E-state index in [1.807, 2.05) is 0 Å². The first-order valence-corrected chi connectivity index (χ1v) is 7.09. The van der Waals surface area contributed by atoms with Gasteiger partial charge in [0.05, 0.1) is 6.61 Å². The zero-order valence-electron chi connectivity index (χ0n) is 12.3. The molecule has 0 radical (unpaired) electrons. The van der Waals surface area contributed by atoms with Crippen molar-refractivity contribution in [1.29, 1.82) is 0 Å². The molecule has 112 valence electrons. The molecule has 0 rings (SSSR count). The normalized spacial score (nSPS) is 9.16. The molecule has 19 heavy (non-hydrogen) atoms. The van der Waals surface area contributed by atoms with E-state index >= 15 is 0 Å². The summed E-state index contributed by atoms with van der Waals surface area (Å²) >= 11 is 0. The molecule has 0 spiro atoms. The first-order valence-electron chi connectivity index (χ1n) is 7.09. The van der Waals surface area contributed by atoms with Crippen molar-refractivity contribution in [2.24, 2.45) is 0 Å². The Hall–Kier alpha value is -1.32. The summed E-state index contributed by atoms with van der Waals surface area (Å²) in [7, 11) is 0. The Labute approximate surface area is 116 Å². The van der Waals surface area contributed by atoms with E-state index in [-0.39, 0.29) is 5.97 Å². The zero-order valence-corrected chi connectivity index (χ0v) is 12.3. The minimum atomic E-state index is -0.981. The highest BCUT2D eigenvalue weighted by atomic mass is 16.5. The first kappa shape index (κ1) is 20.0. The Balaban J connectivity index is 0. The predicted molar refractivity (Wildman–Crippen MR) is 77.1 cm³/mol. The van der Waals surface area contributed by atoms with Crippen LogP contribution in [-0.4, -0.2) is 23.7 Å². The first-order chi connectivity index (χ1) is 9.08. The smallest absolute Gasteiger partial charge is 0.327 e. The summed E-state index contributed by atoms with van der Waals surface area (Å²) in [5, 5.41) is 7.60. The van der Waals surface area contributed by atoms with Gasteiger partial charge in [0.15, 0.2) is 0 Å². The van der Waals surface area contributed by atoms with Gasteiger partial charge < -0.3 is 9.84 Å². The van der Waals surface area contributed by atoms with Gasteiger partial charge in [0.1, 0.15) is 0 Å². The lowest BCUT2D eigenvalue weighted by Gasteiger charge is -2.03. The number of aliphatic carboxylic acids is 1. The molecule has 0 atom stereocenters. The van der Waals surface area contributed by atoms with E-state index < -0.39 is 5.97 Å². The molecule has 1 N–H and O–H groups in total. The second-order valence-corrected chi connectivity index (χ2v) is 4.28. The highest BCUT2D eigenvalue weighted by Gasteiger charge is 2.01. The molecule has 0 aromatic rings. The van der Waals surface area contributed by atoms with Crippen LogP contribution in [-0.2, 0) is 14.3 Å². The van der Waals surface area contributed by atoms with Crippen LogP contribution in [0.3, 0.4) is 0 Å². The molecule has 4 heteroatoms. The Morgan fingerprint density at radius 1 is 1.05 bits per heavy atom. The molecular formula is C15H28O4. The summed E-state index contributed by atoms with van der Waals surface area (Å²) in [6, 6.07) is 0. The van der Waals surface area contributed by atoms with Crippen LogP contribution < -0.4 is 0 Å². The maximum atomic E-state index is 11.1. The number of ether oxygens (including phenoxy) is 1. The molecule has 0 aromatic heterocycles. The summed E-state index contributed by atoms with van der Waals surface area (Å²) in [6.45, 7) is 7.85. The van der Waals surface area contributed by atoms with Gasteiger partial charge in [-0.3, -0.25) is 4.79 Å². The van der Waals surface area contributed by atoms with Gasteiger partial charge in [-0.05, 0) is 12.8 Å². The summed E-state index contributed by atoms with van der Waals surface area (Å²) in [6.07, 6.45) is 9.45. The van der Waals surface area contributed by atoms with Gasteiger partial charge in [-0.15, -0.1) is 0 Å². The number of hydrogen-bond donors (Lipinski definition) is 1. The van der Waals surface area contributed by atoms with Gasteiger partial charge in [0.2, 0.25) is 0 Å². The van der Waals surface area contributed by atoms with Crippen molar-refractivity contribution in [2.45, 2.75) is 65.2 Å². The van der Waals surface area contributed by atoms with Gasteiger partial charge in [0, 0.05) is 12.5 Å². The van der Waals surface area contributed by atoms with Gasteiger partial charge in [-0.25, -0.2) is 4.79 Å². The molecular weight excluding hydrogens is 244 g/mol. The van der Waals surface area contributed by atoms with Crippen LogP contribution >= 0.6 is 0 Å². The number of carboxylic acid groups (broad SMARTS) is 1. The quantitative estimate of drug-likeness (QED) is 0.371. The molecule has 0 heterocycles. The third-order valence-electron chi connectivity index (χ3n) is 2.42. The maximum Gasteiger partial charge on any atom is 0.327 e. The molecule has 4 nitrogen and oxygen atoms in total. The van der Waals surface area contributed by atoms with Gasteiger partial charge in [-0.1, -0.05) is 52.5 Å². The van der Waals surface area contributed by atoms with E-state index in [4.69, 9.17) is 9.84 Å². The van der Waals surface area contributed by atoms with Gasteiger partial charge >= 0.3 is 11.9 Å². The lowest BCUT2D eigenvalue weighted by atomic mass is 10.1. The summed E-state index contributed by atoms with van der Waals surface area (Å²) in [5.41, 5.74) is 0. The molecule has 0 aliphatic rings. The van der Waals surface area contributed by atoms with E-state index in [0.29, 0.717) is 13.0 Å². The summed E-state index contributed by atoms with van der Waals surface area (Å²) in [4.78, 5) is 20.4. The number of hydrogen-bond acceptors (Lipinski definition) is 3. The van der Waals surface area contributed by atoms with E-state index in [1.165, 1.54) is 19.3 Å². The van der Waals surface area contributed by atoms with Crippen molar-refractivity contribution in [3.63, 3.8) is 0 Å². The number of carbonyl (C=O) groups excluding carboxylic acids is 1. The average Bonchev–Trinajstić information content (AvgIpc) is 2.39. The lowest BCUT2D eigenvalue weighted by molar-refractivity contribution is -0.143. The van der Waals surface area contributed by atoms with Crippen molar-refractivity contribution < 1.29 is 19.4 Å². The van der Waals surface area contributed by atoms with Crippen LogP contribution in [0.1, 0.15) is 65.2 Å². The molecule has 0 saturated carbocycles. The van der Waals surface area contributed by atoms with E-state index in [9.17, 15) is 9.59 Å². The van der Waals surface area contributed by atoms with Crippen LogP contribution in [0.2, 0.25) is 0 Å². The SMILES string of the molecule is C=CC(=O)O.CCCCCCCC(=O)OCCCC. The van der Waals surface area contributed by atoms with E-state index in [1.54, 1.807) is 0 Å². The monoisotopic (exact) mass is 272 g/mol. The Kier molecular flexibility index (Phi) is 17.6. The molecule has 0 aromatic carbocycles. The Bertz CT molecular complexity index is 236. The Morgan fingerprint density at radius 2 is 1.58 bits per heavy atom. The van der Waals surface area contributed by atoms with Gasteiger partial charge in [-0.2, -0.15) is 0 Å². The van der Waals surface area contributed by atoms with E-state index in [2.05, 4.69) is 20.4 Å². The third-order valence-corrected chi connectivity index (χ3v) is 2.42. The van der Waals surface area contributed by atoms with Crippen LogP contribution in [0.4, 0.5) is 0 Å². The highest BCUT2D eigenvalue weighted by molar-refractivity contribution is 5.78. The molecule has 0 unspecified atom stereocenters. The highest BCUT2D eigenvalue weighted by Crippen LogP contribution is 2.05. The second-order valence-electron chi connectivity index (χ2n) is 4.28. The number of carbonyl (C=O) groups is 2.